The summed E-state index contributed by atoms with van der Waals surface area (Å²) in [7, 11) is 0.839. The minimum absolute atomic E-state index is 0.293. The summed E-state index contributed by atoms with van der Waals surface area (Å²) in [6.45, 7) is -0.353. The number of methoxy groups -OCH3 is 2. The summed E-state index contributed by atoms with van der Waals surface area (Å²) >= 11 is 0. The molecule has 9 heteroatoms. The van der Waals surface area contributed by atoms with Gasteiger partial charge < -0.3 is 19.5 Å². The maximum Gasteiger partial charge on any atom is 0.243 e. The van der Waals surface area contributed by atoms with E-state index in [-0.39, 0.29) is 18.5 Å². The molecule has 1 fully saturated rings. The van der Waals surface area contributed by atoms with Crippen LogP contribution in [0.25, 0.3) is 0 Å². The van der Waals surface area contributed by atoms with E-state index in [2.05, 4.69) is 0 Å². The minimum Gasteiger partial charge on any atom is -0.493 e. The molecule has 1 N–H and O–H groups in total. The predicted molar refractivity (Wildman–Crippen MR) is 103 cm³/mol. The zero-order valence-corrected chi connectivity index (χ0v) is 17.0. The van der Waals surface area contributed by atoms with E-state index in [1.807, 2.05) is 0 Å². The summed E-state index contributed by atoms with van der Waals surface area (Å²) < 4.78 is 36.1. The molecule has 27 heavy (non-hydrogen) atoms. The molecule has 1 saturated carbocycles. The van der Waals surface area contributed by atoms with E-state index in [0.29, 0.717) is 30.0 Å². The molecule has 2 atom stereocenters. The van der Waals surface area contributed by atoms with Gasteiger partial charge in [-0.2, -0.15) is 0 Å². The Morgan fingerprint density at radius 3 is 2.37 bits per heavy atom. The fourth-order valence-corrected chi connectivity index (χ4v) is 4.18. The summed E-state index contributed by atoms with van der Waals surface area (Å²) in [6, 6.07) is 4.37. The summed E-state index contributed by atoms with van der Waals surface area (Å²) in [6.07, 6.45) is 3.69. The van der Waals surface area contributed by atoms with Crippen LogP contribution in [-0.4, -0.2) is 70.5 Å². The molecule has 0 bridgehead atoms. The standard InChI is InChI=1S/C18H28N2O6S/c1-19(14-7-5-6-8-15(14)21)18(22)12-20(27(4,23)24)13-9-10-16(25-2)17(11-13)26-3/h9-11,14-15,21H,5-8,12H2,1-4H3. The predicted octanol–water partition coefficient (Wildman–Crippen LogP) is 1.23. The Hall–Kier alpha value is -2.00. The van der Waals surface area contributed by atoms with Crippen molar-refractivity contribution in [2.75, 3.05) is 38.4 Å². The third kappa shape index (κ3) is 5.04. The van der Waals surface area contributed by atoms with E-state index in [9.17, 15) is 18.3 Å². The minimum atomic E-state index is -3.71. The van der Waals surface area contributed by atoms with Crippen molar-refractivity contribution >= 4 is 21.6 Å². The second-order valence-electron chi connectivity index (χ2n) is 6.73. The monoisotopic (exact) mass is 400 g/mol. The van der Waals surface area contributed by atoms with Crippen LogP contribution in [0, 0.1) is 0 Å². The van der Waals surface area contributed by atoms with Crippen LogP contribution in [0.4, 0.5) is 5.69 Å². The topological polar surface area (TPSA) is 96.4 Å². The van der Waals surface area contributed by atoms with Gasteiger partial charge in [0.2, 0.25) is 15.9 Å². The fraction of sp³-hybridized carbons (Fsp3) is 0.611. The molecule has 2 rings (SSSR count). The quantitative estimate of drug-likeness (QED) is 0.740. The zero-order valence-electron chi connectivity index (χ0n) is 16.2. The van der Waals surface area contributed by atoms with Crippen LogP contribution in [0.5, 0.6) is 11.5 Å². The number of ether oxygens (including phenoxy) is 2. The van der Waals surface area contributed by atoms with Gasteiger partial charge in [0.15, 0.2) is 11.5 Å². The molecule has 0 spiro atoms. The Labute approximate surface area is 160 Å². The van der Waals surface area contributed by atoms with E-state index in [1.165, 1.54) is 25.2 Å². The maximum atomic E-state index is 12.7. The Morgan fingerprint density at radius 1 is 1.19 bits per heavy atom. The summed E-state index contributed by atoms with van der Waals surface area (Å²) in [5.74, 6) is 0.455. The molecule has 0 heterocycles. The van der Waals surface area contributed by atoms with Crippen LogP contribution in [0.2, 0.25) is 0 Å². The number of sulfonamides is 1. The Balaban J connectivity index is 2.26. The number of aliphatic hydroxyl groups is 1. The first-order chi connectivity index (χ1) is 12.7. The molecular formula is C18H28N2O6S. The lowest BCUT2D eigenvalue weighted by Crippen LogP contribution is -2.50. The van der Waals surface area contributed by atoms with Crippen LogP contribution < -0.4 is 13.8 Å². The third-order valence-corrected chi connectivity index (χ3v) is 6.06. The van der Waals surface area contributed by atoms with Crippen molar-refractivity contribution < 1.29 is 27.8 Å². The Morgan fingerprint density at radius 2 is 1.81 bits per heavy atom. The molecule has 0 aliphatic heterocycles. The lowest BCUT2D eigenvalue weighted by Gasteiger charge is -2.36. The zero-order chi connectivity index (χ0) is 20.2. The lowest BCUT2D eigenvalue weighted by atomic mass is 9.91. The van der Waals surface area contributed by atoms with Crippen LogP contribution in [0.1, 0.15) is 25.7 Å². The fourth-order valence-electron chi connectivity index (χ4n) is 3.34. The number of amides is 1. The van der Waals surface area contributed by atoms with Crippen molar-refractivity contribution in [2.24, 2.45) is 0 Å². The number of aliphatic hydroxyl groups excluding tert-OH is 1. The van der Waals surface area contributed by atoms with Gasteiger partial charge in [-0.25, -0.2) is 8.42 Å². The molecule has 0 radical (unpaired) electrons. The van der Waals surface area contributed by atoms with Gasteiger partial charge >= 0.3 is 0 Å². The first kappa shape index (κ1) is 21.3. The number of anilines is 1. The largest absolute Gasteiger partial charge is 0.493 e. The molecule has 1 aliphatic rings. The highest BCUT2D eigenvalue weighted by molar-refractivity contribution is 7.92. The van der Waals surface area contributed by atoms with Crippen LogP contribution in [-0.2, 0) is 14.8 Å². The molecule has 1 amide bonds. The summed E-state index contributed by atoms with van der Waals surface area (Å²) in [5.41, 5.74) is 0.307. The molecule has 1 aliphatic carbocycles. The molecule has 152 valence electrons. The smallest absolute Gasteiger partial charge is 0.243 e. The number of rotatable bonds is 7. The number of benzene rings is 1. The van der Waals surface area contributed by atoms with Crippen molar-refractivity contribution in [1.29, 1.82) is 0 Å². The third-order valence-electron chi connectivity index (χ3n) is 4.92. The number of carbonyl (C=O) groups is 1. The van der Waals surface area contributed by atoms with E-state index in [1.54, 1.807) is 19.2 Å². The van der Waals surface area contributed by atoms with Gasteiger partial charge in [0.1, 0.15) is 6.54 Å². The molecule has 1 aromatic rings. The van der Waals surface area contributed by atoms with Gasteiger partial charge in [-0.1, -0.05) is 12.8 Å². The number of likely N-dealkylation sites (N-methyl/N-ethyl adjacent to an activating group) is 1. The van der Waals surface area contributed by atoms with Crippen molar-refractivity contribution in [3.63, 3.8) is 0 Å². The first-order valence-electron chi connectivity index (χ1n) is 8.82. The van der Waals surface area contributed by atoms with Gasteiger partial charge in [-0.05, 0) is 25.0 Å². The summed E-state index contributed by atoms with van der Waals surface area (Å²) in [5, 5.41) is 10.2. The van der Waals surface area contributed by atoms with Crippen molar-refractivity contribution in [2.45, 2.75) is 37.8 Å². The van der Waals surface area contributed by atoms with Crippen LogP contribution in [0.15, 0.2) is 18.2 Å². The molecule has 0 saturated heterocycles. The number of hydrogen-bond acceptors (Lipinski definition) is 6. The van der Waals surface area contributed by atoms with E-state index < -0.39 is 16.1 Å². The van der Waals surface area contributed by atoms with E-state index in [0.717, 1.165) is 23.4 Å². The summed E-state index contributed by atoms with van der Waals surface area (Å²) in [4.78, 5) is 14.2. The highest BCUT2D eigenvalue weighted by atomic mass is 32.2. The number of hydrogen-bond donors (Lipinski definition) is 1. The second-order valence-corrected chi connectivity index (χ2v) is 8.64. The molecule has 8 nitrogen and oxygen atoms in total. The number of carbonyl (C=O) groups excluding carboxylic acids is 1. The van der Waals surface area contributed by atoms with Crippen LogP contribution >= 0.6 is 0 Å². The molecule has 2 unspecified atom stereocenters. The molecular weight excluding hydrogens is 372 g/mol. The van der Waals surface area contributed by atoms with Gasteiger partial charge in [0.05, 0.1) is 38.3 Å². The normalized spacial score (nSPS) is 20.0. The number of nitrogens with zero attached hydrogens (tertiary/aromatic N) is 2. The Bertz CT molecular complexity index is 767. The average Bonchev–Trinajstić information content (AvgIpc) is 2.64. The van der Waals surface area contributed by atoms with Crippen molar-refractivity contribution in [3.05, 3.63) is 18.2 Å². The molecule has 1 aromatic carbocycles. The first-order valence-corrected chi connectivity index (χ1v) is 10.7. The van der Waals surface area contributed by atoms with Gasteiger partial charge in [-0.15, -0.1) is 0 Å². The van der Waals surface area contributed by atoms with Gasteiger partial charge in [0.25, 0.3) is 0 Å². The maximum absolute atomic E-state index is 12.7. The highest BCUT2D eigenvalue weighted by Crippen LogP contribution is 2.32. The lowest BCUT2D eigenvalue weighted by molar-refractivity contribution is -0.133. The average molecular weight is 400 g/mol. The Kier molecular flexibility index (Phi) is 6.94. The highest BCUT2D eigenvalue weighted by Gasteiger charge is 2.31. The van der Waals surface area contributed by atoms with Gasteiger partial charge in [0, 0.05) is 13.1 Å². The van der Waals surface area contributed by atoms with Crippen molar-refractivity contribution in [1.82, 2.24) is 4.90 Å². The van der Waals surface area contributed by atoms with E-state index in [4.69, 9.17) is 9.47 Å². The van der Waals surface area contributed by atoms with Crippen molar-refractivity contribution in [3.8, 4) is 11.5 Å². The van der Waals surface area contributed by atoms with Crippen LogP contribution in [0.3, 0.4) is 0 Å². The van der Waals surface area contributed by atoms with E-state index >= 15 is 0 Å². The molecule has 0 aromatic heterocycles. The SMILES string of the molecule is COc1ccc(N(CC(=O)N(C)C2CCCCC2O)S(C)(=O)=O)cc1OC. The second kappa shape index (κ2) is 8.79. The van der Waals surface area contributed by atoms with Gasteiger partial charge in [-0.3, -0.25) is 9.10 Å².